The van der Waals surface area contributed by atoms with E-state index in [0.29, 0.717) is 5.82 Å². The number of halogens is 1. The number of anilines is 1. The number of rotatable bonds is 5. The maximum Gasteiger partial charge on any atom is 0.242 e. The molecule has 0 bridgehead atoms. The average molecular weight is 337 g/mol. The predicted octanol–water partition coefficient (Wildman–Crippen LogP) is 3.13. The summed E-state index contributed by atoms with van der Waals surface area (Å²) in [6.07, 6.45) is 0.869. The SMILES string of the molecule is CCC(C)C(N)C(=O)Nc1cc(-c2ccccc2C)nn1C.Cl. The Labute approximate surface area is 143 Å². The fourth-order valence-corrected chi connectivity index (χ4v) is 2.30. The minimum atomic E-state index is -0.512. The van der Waals surface area contributed by atoms with Crippen molar-refractivity contribution in [3.05, 3.63) is 35.9 Å². The molecule has 2 unspecified atom stereocenters. The first-order valence-corrected chi connectivity index (χ1v) is 7.60. The smallest absolute Gasteiger partial charge is 0.242 e. The first kappa shape index (κ1) is 19.2. The molecule has 0 radical (unpaired) electrons. The summed E-state index contributed by atoms with van der Waals surface area (Å²) in [7, 11) is 1.81. The summed E-state index contributed by atoms with van der Waals surface area (Å²) in [6, 6.07) is 9.41. The van der Waals surface area contributed by atoms with Crippen molar-refractivity contribution in [2.45, 2.75) is 33.2 Å². The van der Waals surface area contributed by atoms with E-state index in [1.165, 1.54) is 0 Å². The third-order valence-corrected chi connectivity index (χ3v) is 4.11. The van der Waals surface area contributed by atoms with Gasteiger partial charge in [-0.2, -0.15) is 5.10 Å². The minimum Gasteiger partial charge on any atom is -0.320 e. The van der Waals surface area contributed by atoms with Crippen LogP contribution in [-0.4, -0.2) is 21.7 Å². The number of hydrogen-bond donors (Lipinski definition) is 2. The first-order valence-electron chi connectivity index (χ1n) is 7.60. The van der Waals surface area contributed by atoms with Crippen molar-refractivity contribution in [1.82, 2.24) is 9.78 Å². The summed E-state index contributed by atoms with van der Waals surface area (Å²) in [5.41, 5.74) is 9.02. The van der Waals surface area contributed by atoms with Crippen molar-refractivity contribution in [2.75, 3.05) is 5.32 Å². The molecular formula is C17H25ClN4O. The van der Waals surface area contributed by atoms with Gasteiger partial charge in [0.05, 0.1) is 11.7 Å². The number of nitrogens with one attached hydrogen (secondary N) is 1. The van der Waals surface area contributed by atoms with Crippen molar-refractivity contribution in [2.24, 2.45) is 18.7 Å². The van der Waals surface area contributed by atoms with Crippen LogP contribution in [0.25, 0.3) is 11.3 Å². The molecule has 0 aliphatic rings. The van der Waals surface area contributed by atoms with Gasteiger partial charge in [0.1, 0.15) is 5.82 Å². The molecule has 5 nitrogen and oxygen atoms in total. The van der Waals surface area contributed by atoms with Gasteiger partial charge in [-0.05, 0) is 18.4 Å². The first-order chi connectivity index (χ1) is 10.4. The highest BCUT2D eigenvalue weighted by Crippen LogP contribution is 2.24. The van der Waals surface area contributed by atoms with Gasteiger partial charge in [0.25, 0.3) is 0 Å². The molecule has 2 aromatic rings. The van der Waals surface area contributed by atoms with Crippen LogP contribution in [0.3, 0.4) is 0 Å². The standard InChI is InChI=1S/C17H24N4O.ClH/c1-5-11(2)16(18)17(22)19-15-10-14(20-21(15)4)13-9-7-6-8-12(13)3;/h6-11,16H,5,18H2,1-4H3,(H,19,22);1H. The molecular weight excluding hydrogens is 312 g/mol. The normalized spacial score (nSPS) is 13.1. The third kappa shape index (κ3) is 4.33. The van der Waals surface area contributed by atoms with Crippen molar-refractivity contribution in [3.63, 3.8) is 0 Å². The number of hydrogen-bond acceptors (Lipinski definition) is 3. The van der Waals surface area contributed by atoms with Crippen LogP contribution in [0.2, 0.25) is 0 Å². The molecule has 0 spiro atoms. The van der Waals surface area contributed by atoms with E-state index in [4.69, 9.17) is 5.73 Å². The summed E-state index contributed by atoms with van der Waals surface area (Å²) >= 11 is 0. The molecule has 0 fully saturated rings. The molecule has 126 valence electrons. The quantitative estimate of drug-likeness (QED) is 0.881. The second-order valence-corrected chi connectivity index (χ2v) is 5.75. The second-order valence-electron chi connectivity index (χ2n) is 5.75. The topological polar surface area (TPSA) is 72.9 Å². The van der Waals surface area contributed by atoms with Crippen LogP contribution in [0.5, 0.6) is 0 Å². The van der Waals surface area contributed by atoms with Gasteiger partial charge in [0.15, 0.2) is 0 Å². The molecule has 1 heterocycles. The van der Waals surface area contributed by atoms with Gasteiger partial charge < -0.3 is 11.1 Å². The molecule has 0 aliphatic heterocycles. The Balaban J connectivity index is 0.00000264. The zero-order valence-corrected chi connectivity index (χ0v) is 14.9. The van der Waals surface area contributed by atoms with Crippen molar-refractivity contribution < 1.29 is 4.79 Å². The number of benzene rings is 1. The average Bonchev–Trinajstić information content (AvgIpc) is 2.86. The van der Waals surface area contributed by atoms with Crippen molar-refractivity contribution in [3.8, 4) is 11.3 Å². The Hall–Kier alpha value is -1.85. The van der Waals surface area contributed by atoms with E-state index in [1.54, 1.807) is 4.68 Å². The van der Waals surface area contributed by atoms with E-state index in [9.17, 15) is 4.79 Å². The highest BCUT2D eigenvalue weighted by atomic mass is 35.5. The lowest BCUT2D eigenvalue weighted by atomic mass is 9.99. The molecule has 6 heteroatoms. The molecule has 1 amide bonds. The molecule has 23 heavy (non-hydrogen) atoms. The summed E-state index contributed by atoms with van der Waals surface area (Å²) in [5.74, 6) is 0.625. The summed E-state index contributed by atoms with van der Waals surface area (Å²) < 4.78 is 1.67. The Kier molecular flexibility index (Phi) is 6.79. The lowest BCUT2D eigenvalue weighted by Crippen LogP contribution is -2.40. The Morgan fingerprint density at radius 2 is 2.04 bits per heavy atom. The molecule has 3 N–H and O–H groups in total. The number of aryl methyl sites for hydroxylation is 2. The molecule has 2 rings (SSSR count). The highest BCUT2D eigenvalue weighted by molar-refractivity contribution is 5.94. The van der Waals surface area contributed by atoms with Crippen LogP contribution < -0.4 is 11.1 Å². The van der Waals surface area contributed by atoms with Crippen LogP contribution in [0.15, 0.2) is 30.3 Å². The largest absolute Gasteiger partial charge is 0.320 e. The van der Waals surface area contributed by atoms with E-state index in [1.807, 2.05) is 58.2 Å². The zero-order chi connectivity index (χ0) is 16.3. The summed E-state index contributed by atoms with van der Waals surface area (Å²) in [5, 5.41) is 7.35. The van der Waals surface area contributed by atoms with E-state index in [0.717, 1.165) is 23.2 Å². The molecule has 1 aromatic heterocycles. The highest BCUT2D eigenvalue weighted by Gasteiger charge is 2.21. The van der Waals surface area contributed by atoms with Gasteiger partial charge in [-0.15, -0.1) is 12.4 Å². The zero-order valence-electron chi connectivity index (χ0n) is 14.0. The third-order valence-electron chi connectivity index (χ3n) is 4.11. The van der Waals surface area contributed by atoms with Gasteiger partial charge in [0, 0.05) is 18.7 Å². The van der Waals surface area contributed by atoms with E-state index >= 15 is 0 Å². The number of nitrogens with zero attached hydrogens (tertiary/aromatic N) is 2. The molecule has 0 saturated carbocycles. The molecule has 0 saturated heterocycles. The van der Waals surface area contributed by atoms with Gasteiger partial charge in [-0.3, -0.25) is 9.48 Å². The minimum absolute atomic E-state index is 0. The van der Waals surface area contributed by atoms with E-state index in [-0.39, 0.29) is 24.2 Å². The molecule has 2 atom stereocenters. The number of carbonyl (C=O) groups is 1. The van der Waals surface area contributed by atoms with Gasteiger partial charge in [-0.25, -0.2) is 0 Å². The van der Waals surface area contributed by atoms with Crippen LogP contribution in [0, 0.1) is 12.8 Å². The Morgan fingerprint density at radius 3 is 2.65 bits per heavy atom. The van der Waals surface area contributed by atoms with Gasteiger partial charge in [0.2, 0.25) is 5.91 Å². The van der Waals surface area contributed by atoms with E-state index in [2.05, 4.69) is 10.4 Å². The Bertz CT molecular complexity index is 668. The van der Waals surface area contributed by atoms with Gasteiger partial charge >= 0.3 is 0 Å². The molecule has 1 aromatic carbocycles. The number of carbonyl (C=O) groups excluding carboxylic acids is 1. The predicted molar refractivity (Wildman–Crippen MR) is 96.7 cm³/mol. The maximum absolute atomic E-state index is 12.2. The van der Waals surface area contributed by atoms with Crippen molar-refractivity contribution in [1.29, 1.82) is 0 Å². The van der Waals surface area contributed by atoms with Crippen molar-refractivity contribution >= 4 is 24.1 Å². The fraction of sp³-hybridized carbons (Fsp3) is 0.412. The second kappa shape index (κ2) is 8.13. The fourth-order valence-electron chi connectivity index (χ4n) is 2.30. The monoisotopic (exact) mass is 336 g/mol. The number of aromatic nitrogens is 2. The van der Waals surface area contributed by atoms with Crippen LogP contribution in [-0.2, 0) is 11.8 Å². The molecule has 0 aliphatic carbocycles. The lowest BCUT2D eigenvalue weighted by molar-refractivity contribution is -0.118. The van der Waals surface area contributed by atoms with E-state index < -0.39 is 6.04 Å². The number of nitrogens with two attached hydrogens (primary N) is 1. The summed E-state index contributed by atoms with van der Waals surface area (Å²) in [4.78, 5) is 12.2. The Morgan fingerprint density at radius 1 is 1.39 bits per heavy atom. The van der Waals surface area contributed by atoms with Crippen LogP contribution in [0.1, 0.15) is 25.8 Å². The number of amides is 1. The van der Waals surface area contributed by atoms with Crippen LogP contribution >= 0.6 is 12.4 Å². The van der Waals surface area contributed by atoms with Gasteiger partial charge in [-0.1, -0.05) is 44.5 Å². The lowest BCUT2D eigenvalue weighted by Gasteiger charge is -2.17. The summed E-state index contributed by atoms with van der Waals surface area (Å²) in [6.45, 7) is 6.05. The maximum atomic E-state index is 12.2. The van der Waals surface area contributed by atoms with Crippen LogP contribution in [0.4, 0.5) is 5.82 Å².